The summed E-state index contributed by atoms with van der Waals surface area (Å²) in [7, 11) is 1.98. The van der Waals surface area contributed by atoms with Crippen LogP contribution in [0, 0.1) is 0 Å². The molecule has 0 atom stereocenters. The van der Waals surface area contributed by atoms with Gasteiger partial charge in [0.05, 0.1) is 17.4 Å². The van der Waals surface area contributed by atoms with Gasteiger partial charge in [0.2, 0.25) is 0 Å². The first-order chi connectivity index (χ1) is 11.8. The van der Waals surface area contributed by atoms with Gasteiger partial charge in [0.15, 0.2) is 0 Å². The van der Waals surface area contributed by atoms with E-state index in [0.717, 1.165) is 29.0 Å². The Hall–Kier alpha value is -3.07. The molecule has 3 nitrogen and oxygen atoms in total. The summed E-state index contributed by atoms with van der Waals surface area (Å²) >= 11 is 0. The van der Waals surface area contributed by atoms with Crippen LogP contribution in [0.15, 0.2) is 79.1 Å². The van der Waals surface area contributed by atoms with E-state index in [0.29, 0.717) is 0 Å². The minimum absolute atomic E-state index is 0.821. The van der Waals surface area contributed by atoms with Crippen molar-refractivity contribution in [2.75, 3.05) is 0 Å². The van der Waals surface area contributed by atoms with Crippen LogP contribution < -0.4 is 4.74 Å². The van der Waals surface area contributed by atoms with Gasteiger partial charge in [0, 0.05) is 13.1 Å². The van der Waals surface area contributed by atoms with Gasteiger partial charge in [-0.3, -0.25) is 0 Å². The molecule has 0 radical (unpaired) electrons. The fraction of sp³-hybridized carbons (Fsp3) is 0.0952. The summed E-state index contributed by atoms with van der Waals surface area (Å²) in [4.78, 5) is 4.33. The van der Waals surface area contributed by atoms with Gasteiger partial charge in [-0.15, -0.1) is 0 Å². The number of benzene rings is 3. The quantitative estimate of drug-likeness (QED) is 0.532. The maximum Gasteiger partial charge on any atom is 0.129 e. The molecule has 0 N–H and O–H groups in total. The number of rotatable bonds is 4. The molecule has 0 aliphatic heterocycles. The van der Waals surface area contributed by atoms with Crippen molar-refractivity contribution >= 4 is 11.0 Å². The molecule has 118 valence electrons. The molecule has 4 aromatic rings. The third kappa shape index (κ3) is 3.01. The van der Waals surface area contributed by atoms with E-state index in [4.69, 9.17) is 4.74 Å². The second kappa shape index (κ2) is 6.20. The summed E-state index contributed by atoms with van der Waals surface area (Å²) in [6.07, 6.45) is 2.74. The summed E-state index contributed by atoms with van der Waals surface area (Å²) < 4.78 is 7.97. The van der Waals surface area contributed by atoms with Crippen LogP contribution in [0.4, 0.5) is 0 Å². The van der Waals surface area contributed by atoms with E-state index in [-0.39, 0.29) is 0 Å². The number of hydrogen-bond donors (Lipinski definition) is 0. The average molecular weight is 314 g/mol. The highest BCUT2D eigenvalue weighted by molar-refractivity contribution is 5.77. The number of imidazole rings is 1. The minimum atomic E-state index is 0.821. The fourth-order valence-electron chi connectivity index (χ4n) is 2.81. The Morgan fingerprint density at radius 1 is 0.833 bits per heavy atom. The molecule has 1 aromatic heterocycles. The summed E-state index contributed by atoms with van der Waals surface area (Å²) in [6, 6.07) is 24.7. The number of ether oxygens (including phenoxy) is 1. The minimum Gasteiger partial charge on any atom is -0.457 e. The van der Waals surface area contributed by atoms with Crippen LogP contribution >= 0.6 is 0 Å². The Bertz CT molecular complexity index is 956. The first kappa shape index (κ1) is 14.5. The van der Waals surface area contributed by atoms with Crippen LogP contribution in [0.3, 0.4) is 0 Å². The predicted molar refractivity (Wildman–Crippen MR) is 96.5 cm³/mol. The molecule has 3 aromatic carbocycles. The number of fused-ring (bicyclic) bond motifs is 1. The van der Waals surface area contributed by atoms with Gasteiger partial charge in [-0.1, -0.05) is 42.5 Å². The van der Waals surface area contributed by atoms with Crippen molar-refractivity contribution in [3.05, 3.63) is 90.3 Å². The number of nitrogens with zero attached hydrogens (tertiary/aromatic N) is 2. The van der Waals surface area contributed by atoms with Gasteiger partial charge < -0.3 is 9.30 Å². The topological polar surface area (TPSA) is 27.1 Å². The number of aryl methyl sites for hydroxylation is 1. The lowest BCUT2D eigenvalue weighted by Crippen LogP contribution is -1.89. The van der Waals surface area contributed by atoms with Crippen molar-refractivity contribution in [1.29, 1.82) is 0 Å². The smallest absolute Gasteiger partial charge is 0.129 e. The molecule has 0 aliphatic carbocycles. The lowest BCUT2D eigenvalue weighted by molar-refractivity contribution is 0.483. The maximum atomic E-state index is 5.97. The Labute approximate surface area is 141 Å². The second-order valence-corrected chi connectivity index (χ2v) is 5.91. The van der Waals surface area contributed by atoms with Crippen LogP contribution in [-0.4, -0.2) is 9.55 Å². The third-order valence-electron chi connectivity index (χ3n) is 4.11. The maximum absolute atomic E-state index is 5.97. The summed E-state index contributed by atoms with van der Waals surface area (Å²) in [5.74, 6) is 1.66. The van der Waals surface area contributed by atoms with Crippen LogP contribution in [-0.2, 0) is 13.5 Å². The van der Waals surface area contributed by atoms with Gasteiger partial charge in [0.1, 0.15) is 11.5 Å². The molecule has 0 fully saturated rings. The molecular formula is C21H18N2O. The van der Waals surface area contributed by atoms with Crippen LogP contribution in [0.1, 0.15) is 11.1 Å². The second-order valence-electron chi connectivity index (χ2n) is 5.91. The Morgan fingerprint density at radius 2 is 1.54 bits per heavy atom. The van der Waals surface area contributed by atoms with Gasteiger partial charge in [-0.2, -0.15) is 0 Å². The Morgan fingerprint density at radius 3 is 2.33 bits per heavy atom. The first-order valence-electron chi connectivity index (χ1n) is 8.00. The van der Waals surface area contributed by atoms with E-state index in [9.17, 15) is 0 Å². The molecule has 0 bridgehead atoms. The Kier molecular flexibility index (Phi) is 3.75. The van der Waals surface area contributed by atoms with E-state index in [1.807, 2.05) is 54.3 Å². The van der Waals surface area contributed by atoms with Crippen molar-refractivity contribution < 1.29 is 4.74 Å². The predicted octanol–water partition coefficient (Wildman–Crippen LogP) is 4.96. The van der Waals surface area contributed by atoms with Gasteiger partial charge in [0.25, 0.3) is 0 Å². The Balaban J connectivity index is 1.51. The average Bonchev–Trinajstić information content (AvgIpc) is 2.98. The molecule has 1 heterocycles. The zero-order chi connectivity index (χ0) is 16.4. The van der Waals surface area contributed by atoms with Crippen molar-refractivity contribution in [2.24, 2.45) is 7.05 Å². The number of hydrogen-bond acceptors (Lipinski definition) is 2. The molecule has 0 spiro atoms. The van der Waals surface area contributed by atoms with Crippen LogP contribution in [0.5, 0.6) is 11.5 Å². The molecule has 3 heteroatoms. The first-order valence-corrected chi connectivity index (χ1v) is 8.00. The monoisotopic (exact) mass is 314 g/mol. The van der Waals surface area contributed by atoms with Gasteiger partial charge in [-0.05, 0) is 41.8 Å². The highest BCUT2D eigenvalue weighted by Crippen LogP contribution is 2.25. The zero-order valence-corrected chi connectivity index (χ0v) is 13.5. The fourth-order valence-corrected chi connectivity index (χ4v) is 2.81. The largest absolute Gasteiger partial charge is 0.457 e. The van der Waals surface area contributed by atoms with E-state index in [1.165, 1.54) is 11.1 Å². The van der Waals surface area contributed by atoms with Crippen molar-refractivity contribution in [2.45, 2.75) is 6.42 Å². The summed E-state index contributed by atoms with van der Waals surface area (Å²) in [6.45, 7) is 0. The lowest BCUT2D eigenvalue weighted by Gasteiger charge is -2.08. The number of aromatic nitrogens is 2. The zero-order valence-electron chi connectivity index (χ0n) is 13.5. The SMILES string of the molecule is Cn1cnc2ccc(Oc3ccc(Cc4ccccc4)cc3)cc21. The molecule has 0 amide bonds. The van der Waals surface area contributed by atoms with E-state index < -0.39 is 0 Å². The molecule has 0 unspecified atom stereocenters. The van der Waals surface area contributed by atoms with Gasteiger partial charge in [-0.25, -0.2) is 4.98 Å². The molecule has 0 aliphatic rings. The van der Waals surface area contributed by atoms with Crippen molar-refractivity contribution in [3.8, 4) is 11.5 Å². The third-order valence-corrected chi connectivity index (χ3v) is 4.11. The van der Waals surface area contributed by atoms with Crippen molar-refractivity contribution in [1.82, 2.24) is 9.55 Å². The standard InChI is InChI=1S/C21H18N2O/c1-23-15-22-20-12-11-19(14-21(20)23)24-18-9-7-17(8-10-18)13-16-5-3-2-4-6-16/h2-12,14-15H,13H2,1H3. The van der Waals surface area contributed by atoms with Crippen LogP contribution in [0.2, 0.25) is 0 Å². The normalized spacial score (nSPS) is 10.9. The van der Waals surface area contributed by atoms with E-state index in [2.05, 4.69) is 41.4 Å². The molecule has 4 rings (SSSR count). The summed E-state index contributed by atoms with van der Waals surface area (Å²) in [5.41, 5.74) is 4.62. The summed E-state index contributed by atoms with van der Waals surface area (Å²) in [5, 5.41) is 0. The van der Waals surface area contributed by atoms with E-state index in [1.54, 1.807) is 0 Å². The van der Waals surface area contributed by atoms with E-state index >= 15 is 0 Å². The molecule has 0 saturated heterocycles. The highest BCUT2D eigenvalue weighted by Gasteiger charge is 2.04. The van der Waals surface area contributed by atoms with Crippen LogP contribution in [0.25, 0.3) is 11.0 Å². The molecule has 0 saturated carbocycles. The molecule has 24 heavy (non-hydrogen) atoms. The highest BCUT2D eigenvalue weighted by atomic mass is 16.5. The van der Waals surface area contributed by atoms with Crippen molar-refractivity contribution in [3.63, 3.8) is 0 Å². The molecular weight excluding hydrogens is 296 g/mol. The van der Waals surface area contributed by atoms with Gasteiger partial charge >= 0.3 is 0 Å². The lowest BCUT2D eigenvalue weighted by atomic mass is 10.1.